The van der Waals surface area contributed by atoms with Gasteiger partial charge in [-0.25, -0.2) is 0 Å². The molecule has 2 fully saturated rings. The number of ether oxygens (including phenoxy) is 1. The number of benzene rings is 2. The summed E-state index contributed by atoms with van der Waals surface area (Å²) in [6.45, 7) is 0.672. The Balaban J connectivity index is 1.59. The molecule has 0 unspecified atom stereocenters. The highest BCUT2D eigenvalue weighted by atomic mass is 16.5. The van der Waals surface area contributed by atoms with Crippen molar-refractivity contribution in [1.29, 1.82) is 0 Å². The van der Waals surface area contributed by atoms with Crippen LogP contribution in [-0.2, 0) is 6.61 Å². The van der Waals surface area contributed by atoms with E-state index in [1.165, 1.54) is 42.4 Å². The molecule has 2 aliphatic carbocycles. The van der Waals surface area contributed by atoms with Crippen LogP contribution in [0.3, 0.4) is 0 Å². The maximum Gasteiger partial charge on any atom is 0.146 e. The highest BCUT2D eigenvalue weighted by Gasteiger charge is 2.29. The maximum absolute atomic E-state index is 6.30. The van der Waals surface area contributed by atoms with Gasteiger partial charge >= 0.3 is 0 Å². The van der Waals surface area contributed by atoms with Gasteiger partial charge in [-0.15, -0.1) is 0 Å². The Morgan fingerprint density at radius 1 is 0.909 bits per heavy atom. The Hall–Kier alpha value is -1.96. The van der Waals surface area contributed by atoms with Gasteiger partial charge in [0, 0.05) is 7.05 Å². The van der Waals surface area contributed by atoms with Gasteiger partial charge in [0.2, 0.25) is 0 Å². The SMILES string of the molecule is CNc1cccc(C2CC2)c1OCc1ccccc1C1CC1. The Morgan fingerprint density at radius 3 is 2.32 bits per heavy atom. The summed E-state index contributed by atoms with van der Waals surface area (Å²) in [7, 11) is 1.97. The highest BCUT2D eigenvalue weighted by molar-refractivity contribution is 5.61. The van der Waals surface area contributed by atoms with E-state index in [1.807, 2.05) is 7.05 Å². The van der Waals surface area contributed by atoms with Gasteiger partial charge in [-0.05, 0) is 60.3 Å². The molecule has 0 spiro atoms. The lowest BCUT2D eigenvalue weighted by Gasteiger charge is -2.17. The van der Waals surface area contributed by atoms with Gasteiger partial charge in [-0.3, -0.25) is 0 Å². The van der Waals surface area contributed by atoms with E-state index in [0.29, 0.717) is 12.5 Å². The summed E-state index contributed by atoms with van der Waals surface area (Å²) in [4.78, 5) is 0. The van der Waals surface area contributed by atoms with Crippen molar-refractivity contribution in [2.45, 2.75) is 44.1 Å². The van der Waals surface area contributed by atoms with E-state index in [2.05, 4.69) is 47.8 Å². The molecule has 0 heterocycles. The molecule has 2 aromatic carbocycles. The van der Waals surface area contributed by atoms with Gasteiger partial charge in [0.1, 0.15) is 12.4 Å². The van der Waals surface area contributed by atoms with Crippen molar-refractivity contribution in [1.82, 2.24) is 0 Å². The van der Waals surface area contributed by atoms with Crippen LogP contribution in [0.4, 0.5) is 5.69 Å². The normalized spacial score (nSPS) is 17.3. The van der Waals surface area contributed by atoms with Crippen LogP contribution >= 0.6 is 0 Å². The van der Waals surface area contributed by atoms with Crippen molar-refractivity contribution in [3.8, 4) is 5.75 Å². The van der Waals surface area contributed by atoms with E-state index >= 15 is 0 Å². The Morgan fingerprint density at radius 2 is 1.59 bits per heavy atom. The minimum atomic E-state index is 0.672. The van der Waals surface area contributed by atoms with Crippen LogP contribution in [0.15, 0.2) is 42.5 Å². The first-order valence-electron chi connectivity index (χ1n) is 8.38. The van der Waals surface area contributed by atoms with E-state index in [9.17, 15) is 0 Å². The fraction of sp³-hybridized carbons (Fsp3) is 0.400. The van der Waals surface area contributed by atoms with Crippen molar-refractivity contribution in [2.75, 3.05) is 12.4 Å². The van der Waals surface area contributed by atoms with Crippen LogP contribution in [0.5, 0.6) is 5.75 Å². The van der Waals surface area contributed by atoms with E-state index < -0.39 is 0 Å². The minimum Gasteiger partial charge on any atom is -0.486 e. The predicted octanol–water partition coefficient (Wildman–Crippen LogP) is 5.06. The second kappa shape index (κ2) is 5.68. The Bertz CT molecular complexity index is 671. The molecule has 0 bridgehead atoms. The van der Waals surface area contributed by atoms with Crippen LogP contribution in [0.2, 0.25) is 0 Å². The quantitative estimate of drug-likeness (QED) is 0.803. The third kappa shape index (κ3) is 2.70. The number of rotatable bonds is 6. The molecule has 2 heteroatoms. The summed E-state index contributed by atoms with van der Waals surface area (Å²) in [5.74, 6) is 2.52. The smallest absolute Gasteiger partial charge is 0.146 e. The largest absolute Gasteiger partial charge is 0.486 e. The minimum absolute atomic E-state index is 0.672. The van der Waals surface area contributed by atoms with E-state index in [4.69, 9.17) is 4.74 Å². The molecule has 0 amide bonds. The summed E-state index contributed by atoms with van der Waals surface area (Å²) >= 11 is 0. The van der Waals surface area contributed by atoms with Gasteiger partial charge in [-0.1, -0.05) is 36.4 Å². The van der Waals surface area contributed by atoms with Gasteiger partial charge in [0.15, 0.2) is 0 Å². The zero-order valence-corrected chi connectivity index (χ0v) is 13.1. The fourth-order valence-corrected chi connectivity index (χ4v) is 3.24. The molecule has 114 valence electrons. The third-order valence-corrected chi connectivity index (χ3v) is 4.78. The summed E-state index contributed by atoms with van der Waals surface area (Å²) < 4.78 is 6.30. The molecule has 0 atom stereocenters. The molecule has 0 aliphatic heterocycles. The third-order valence-electron chi connectivity index (χ3n) is 4.78. The van der Waals surface area contributed by atoms with Gasteiger partial charge in [-0.2, -0.15) is 0 Å². The van der Waals surface area contributed by atoms with Crippen LogP contribution in [0.25, 0.3) is 0 Å². The molecule has 0 radical (unpaired) electrons. The average Bonchev–Trinajstić information content (AvgIpc) is 3.45. The zero-order valence-electron chi connectivity index (χ0n) is 13.1. The zero-order chi connectivity index (χ0) is 14.9. The number of hydrogen-bond donors (Lipinski definition) is 1. The number of nitrogens with one attached hydrogen (secondary N) is 1. The summed E-state index contributed by atoms with van der Waals surface area (Å²) in [6.07, 6.45) is 5.25. The lowest BCUT2D eigenvalue weighted by Crippen LogP contribution is -2.04. The summed E-state index contributed by atoms with van der Waals surface area (Å²) in [5.41, 5.74) is 5.30. The first-order valence-corrected chi connectivity index (χ1v) is 8.38. The standard InChI is InChI=1S/C20H23NO/c1-21-19-8-4-7-18(15-11-12-15)20(19)22-13-16-5-2-3-6-17(16)14-9-10-14/h2-8,14-15,21H,9-13H2,1H3. The van der Waals surface area contributed by atoms with Crippen molar-refractivity contribution in [3.05, 3.63) is 59.2 Å². The van der Waals surface area contributed by atoms with Gasteiger partial charge in [0.05, 0.1) is 5.69 Å². The lowest BCUT2D eigenvalue weighted by atomic mass is 10.0. The molecule has 2 saturated carbocycles. The second-order valence-corrected chi connectivity index (χ2v) is 6.51. The average molecular weight is 293 g/mol. The van der Waals surface area contributed by atoms with Crippen molar-refractivity contribution < 1.29 is 4.74 Å². The van der Waals surface area contributed by atoms with E-state index in [1.54, 1.807) is 0 Å². The Kier molecular flexibility index (Phi) is 3.53. The summed E-state index contributed by atoms with van der Waals surface area (Å²) in [6, 6.07) is 15.2. The molecule has 2 aromatic rings. The summed E-state index contributed by atoms with van der Waals surface area (Å²) in [5, 5.41) is 3.28. The topological polar surface area (TPSA) is 21.3 Å². The molecular weight excluding hydrogens is 270 g/mol. The van der Waals surface area contributed by atoms with Gasteiger partial charge < -0.3 is 10.1 Å². The molecule has 22 heavy (non-hydrogen) atoms. The molecule has 1 N–H and O–H groups in total. The van der Waals surface area contributed by atoms with Crippen LogP contribution in [0, 0.1) is 0 Å². The van der Waals surface area contributed by atoms with Crippen molar-refractivity contribution in [3.63, 3.8) is 0 Å². The first-order chi connectivity index (χ1) is 10.9. The molecule has 4 rings (SSSR count). The van der Waals surface area contributed by atoms with E-state index in [-0.39, 0.29) is 0 Å². The van der Waals surface area contributed by atoms with Gasteiger partial charge in [0.25, 0.3) is 0 Å². The number of para-hydroxylation sites is 1. The molecule has 2 aliphatic rings. The molecule has 0 saturated heterocycles. The molecular formula is C20H23NO. The monoisotopic (exact) mass is 293 g/mol. The molecule has 2 nitrogen and oxygen atoms in total. The van der Waals surface area contributed by atoms with Crippen LogP contribution < -0.4 is 10.1 Å². The van der Waals surface area contributed by atoms with Crippen LogP contribution in [0.1, 0.15) is 54.2 Å². The van der Waals surface area contributed by atoms with E-state index in [0.717, 1.165) is 17.4 Å². The van der Waals surface area contributed by atoms with Crippen molar-refractivity contribution in [2.24, 2.45) is 0 Å². The lowest BCUT2D eigenvalue weighted by molar-refractivity contribution is 0.303. The Labute approximate surface area is 132 Å². The number of hydrogen-bond acceptors (Lipinski definition) is 2. The predicted molar refractivity (Wildman–Crippen MR) is 90.7 cm³/mol. The number of anilines is 1. The highest BCUT2D eigenvalue weighted by Crippen LogP contribution is 2.47. The first kappa shape index (κ1) is 13.7. The molecule has 0 aromatic heterocycles. The van der Waals surface area contributed by atoms with Crippen LogP contribution in [-0.4, -0.2) is 7.05 Å². The maximum atomic E-state index is 6.30. The fourth-order valence-electron chi connectivity index (χ4n) is 3.24. The second-order valence-electron chi connectivity index (χ2n) is 6.51. The van der Waals surface area contributed by atoms with Crippen molar-refractivity contribution >= 4 is 5.69 Å².